The maximum absolute atomic E-state index is 12.4. The van der Waals surface area contributed by atoms with E-state index < -0.39 is 11.9 Å². The molecule has 1 heterocycles. The highest BCUT2D eigenvalue weighted by atomic mass is 35.5. The predicted molar refractivity (Wildman–Crippen MR) is 60.0 cm³/mol. The number of aromatic nitrogens is 2. The summed E-state index contributed by atoms with van der Waals surface area (Å²) < 4.78 is 37.2. The lowest BCUT2D eigenvalue weighted by atomic mass is 10.1. The highest BCUT2D eigenvalue weighted by Gasteiger charge is 2.32. The first kappa shape index (κ1) is 14.0. The van der Waals surface area contributed by atoms with Gasteiger partial charge in [-0.15, -0.1) is 11.6 Å². The minimum absolute atomic E-state index is 0.0563. The molecule has 0 spiro atoms. The summed E-state index contributed by atoms with van der Waals surface area (Å²) in [4.78, 5) is 7.15. The molecule has 0 saturated heterocycles. The number of alkyl halides is 4. The maximum Gasteiger partial charge on any atom is 0.433 e. The molecule has 0 aliphatic heterocycles. The molecule has 17 heavy (non-hydrogen) atoms. The summed E-state index contributed by atoms with van der Waals surface area (Å²) in [6, 6.07) is 0.663. The van der Waals surface area contributed by atoms with E-state index in [0.29, 0.717) is 0 Å². The molecule has 1 N–H and O–H groups in total. The number of anilines is 1. The average Bonchev–Trinajstić information content (AvgIpc) is 2.24. The first-order valence-electron chi connectivity index (χ1n) is 5.07. The van der Waals surface area contributed by atoms with Gasteiger partial charge in [0, 0.05) is 18.1 Å². The van der Waals surface area contributed by atoms with Gasteiger partial charge in [-0.25, -0.2) is 9.97 Å². The highest BCUT2D eigenvalue weighted by molar-refractivity contribution is 6.18. The maximum atomic E-state index is 12.4. The van der Waals surface area contributed by atoms with Crippen molar-refractivity contribution >= 4 is 17.5 Å². The van der Waals surface area contributed by atoms with Crippen LogP contribution in [-0.4, -0.2) is 21.9 Å². The molecule has 96 valence electrons. The van der Waals surface area contributed by atoms with E-state index in [1.165, 1.54) is 0 Å². The normalized spacial score (nSPS) is 13.8. The van der Waals surface area contributed by atoms with Crippen LogP contribution in [0.25, 0.3) is 0 Å². The molecule has 7 heteroatoms. The third kappa shape index (κ3) is 4.03. The van der Waals surface area contributed by atoms with Crippen LogP contribution in [0.3, 0.4) is 0 Å². The van der Waals surface area contributed by atoms with E-state index in [-0.39, 0.29) is 23.8 Å². The summed E-state index contributed by atoms with van der Waals surface area (Å²) in [5, 5.41) is 2.79. The Balaban J connectivity index is 2.85. The lowest BCUT2D eigenvalue weighted by Gasteiger charge is -2.19. The van der Waals surface area contributed by atoms with Crippen molar-refractivity contribution < 1.29 is 13.2 Å². The summed E-state index contributed by atoms with van der Waals surface area (Å²) in [6.07, 6.45) is -3.39. The third-order valence-electron chi connectivity index (χ3n) is 2.23. The molecule has 1 rings (SSSR count). The fraction of sp³-hybridized carbons (Fsp3) is 0.600. The molecule has 0 aliphatic rings. The summed E-state index contributed by atoms with van der Waals surface area (Å²) in [5.74, 6) is 0.391. The summed E-state index contributed by atoms with van der Waals surface area (Å²) in [5.41, 5.74) is -0.966. The van der Waals surface area contributed by atoms with Crippen LogP contribution in [0.4, 0.5) is 19.1 Å². The van der Waals surface area contributed by atoms with Crippen LogP contribution in [0.2, 0.25) is 0 Å². The van der Waals surface area contributed by atoms with Crippen molar-refractivity contribution in [3.05, 3.63) is 18.0 Å². The quantitative estimate of drug-likeness (QED) is 0.852. The van der Waals surface area contributed by atoms with Crippen LogP contribution in [-0.2, 0) is 6.18 Å². The summed E-state index contributed by atoms with van der Waals surface area (Å²) in [6.45, 7) is 3.82. The third-order valence-corrected chi connectivity index (χ3v) is 2.56. The molecule has 1 aromatic heterocycles. The van der Waals surface area contributed by atoms with Crippen molar-refractivity contribution in [1.82, 2.24) is 9.97 Å². The van der Waals surface area contributed by atoms with Crippen molar-refractivity contribution in [2.45, 2.75) is 26.1 Å². The van der Waals surface area contributed by atoms with Crippen molar-refractivity contribution in [2.24, 2.45) is 5.92 Å². The molecule has 0 fully saturated rings. The van der Waals surface area contributed by atoms with Gasteiger partial charge in [0.1, 0.15) is 5.69 Å². The molecule has 1 aromatic rings. The Morgan fingerprint density at radius 3 is 2.53 bits per heavy atom. The van der Waals surface area contributed by atoms with Crippen LogP contribution in [0.1, 0.15) is 19.5 Å². The van der Waals surface area contributed by atoms with Gasteiger partial charge in [-0.3, -0.25) is 0 Å². The number of nitrogens with zero attached hydrogens (tertiary/aromatic N) is 2. The molecule has 0 radical (unpaired) electrons. The first-order chi connectivity index (χ1) is 7.84. The van der Waals surface area contributed by atoms with E-state index in [0.717, 1.165) is 12.3 Å². The molecule has 0 aliphatic carbocycles. The van der Waals surface area contributed by atoms with Crippen LogP contribution >= 0.6 is 11.6 Å². The zero-order chi connectivity index (χ0) is 13.1. The van der Waals surface area contributed by atoms with E-state index in [2.05, 4.69) is 15.3 Å². The van der Waals surface area contributed by atoms with E-state index >= 15 is 0 Å². The van der Waals surface area contributed by atoms with Gasteiger partial charge in [-0.05, 0) is 12.0 Å². The van der Waals surface area contributed by atoms with Crippen molar-refractivity contribution in [1.29, 1.82) is 0 Å². The Hall–Kier alpha value is -1.04. The van der Waals surface area contributed by atoms with Crippen molar-refractivity contribution in [3.63, 3.8) is 0 Å². The number of halogens is 4. The highest BCUT2D eigenvalue weighted by Crippen LogP contribution is 2.27. The zero-order valence-electron chi connectivity index (χ0n) is 9.42. The van der Waals surface area contributed by atoms with E-state index in [9.17, 15) is 13.2 Å². The Labute approximate surface area is 102 Å². The van der Waals surface area contributed by atoms with Crippen molar-refractivity contribution in [3.8, 4) is 0 Å². The Morgan fingerprint density at radius 2 is 2.06 bits per heavy atom. The number of rotatable bonds is 4. The summed E-state index contributed by atoms with van der Waals surface area (Å²) >= 11 is 5.70. The monoisotopic (exact) mass is 267 g/mol. The minimum Gasteiger partial charge on any atom is -0.350 e. The van der Waals surface area contributed by atoms with Crippen molar-refractivity contribution in [2.75, 3.05) is 11.2 Å². The number of hydrogen-bond acceptors (Lipinski definition) is 3. The fourth-order valence-corrected chi connectivity index (χ4v) is 1.57. The lowest BCUT2D eigenvalue weighted by molar-refractivity contribution is -0.141. The van der Waals surface area contributed by atoms with E-state index in [1.807, 2.05) is 13.8 Å². The molecule has 0 aromatic carbocycles. The van der Waals surface area contributed by atoms with Gasteiger partial charge in [0.25, 0.3) is 0 Å². The topological polar surface area (TPSA) is 37.8 Å². The molecular formula is C10H13ClF3N3. The SMILES string of the molecule is CC(C)C(CCl)Nc1nccc(C(F)(F)F)n1. The zero-order valence-corrected chi connectivity index (χ0v) is 10.2. The second-order valence-corrected chi connectivity index (χ2v) is 4.22. The Kier molecular flexibility index (Phi) is 4.56. The largest absolute Gasteiger partial charge is 0.433 e. The van der Waals surface area contributed by atoms with E-state index in [4.69, 9.17) is 11.6 Å². The molecule has 1 atom stereocenters. The summed E-state index contributed by atoms with van der Waals surface area (Å²) in [7, 11) is 0. The molecule has 0 bridgehead atoms. The molecule has 3 nitrogen and oxygen atoms in total. The standard InChI is InChI=1S/C10H13ClF3N3/c1-6(2)7(5-11)16-9-15-4-3-8(17-9)10(12,13)14/h3-4,6-7H,5H2,1-2H3,(H,15,16,17). The predicted octanol–water partition coefficient (Wildman–Crippen LogP) is 3.17. The van der Waals surface area contributed by atoms with Gasteiger partial charge < -0.3 is 5.32 Å². The smallest absolute Gasteiger partial charge is 0.350 e. The second kappa shape index (κ2) is 5.53. The van der Waals surface area contributed by atoms with Crippen LogP contribution in [0, 0.1) is 5.92 Å². The van der Waals surface area contributed by atoms with Gasteiger partial charge in [0.15, 0.2) is 0 Å². The second-order valence-electron chi connectivity index (χ2n) is 3.91. The van der Waals surface area contributed by atoms with Crippen LogP contribution in [0.15, 0.2) is 12.3 Å². The molecule has 0 saturated carbocycles. The number of hydrogen-bond donors (Lipinski definition) is 1. The van der Waals surface area contributed by atoms with Gasteiger partial charge in [-0.2, -0.15) is 13.2 Å². The van der Waals surface area contributed by atoms with Crippen LogP contribution < -0.4 is 5.32 Å². The van der Waals surface area contributed by atoms with Gasteiger partial charge >= 0.3 is 6.18 Å². The Morgan fingerprint density at radius 1 is 1.41 bits per heavy atom. The van der Waals surface area contributed by atoms with E-state index in [1.54, 1.807) is 0 Å². The average molecular weight is 268 g/mol. The molecule has 1 unspecified atom stereocenters. The number of nitrogens with one attached hydrogen (secondary N) is 1. The molecular weight excluding hydrogens is 255 g/mol. The minimum atomic E-state index is -4.46. The van der Waals surface area contributed by atoms with Gasteiger partial charge in [0.2, 0.25) is 5.95 Å². The Bertz CT molecular complexity index is 368. The van der Waals surface area contributed by atoms with Gasteiger partial charge in [-0.1, -0.05) is 13.8 Å². The van der Waals surface area contributed by atoms with Gasteiger partial charge in [0.05, 0.1) is 0 Å². The molecule has 0 amide bonds. The van der Waals surface area contributed by atoms with Crippen LogP contribution in [0.5, 0.6) is 0 Å². The fourth-order valence-electron chi connectivity index (χ4n) is 1.14. The first-order valence-corrected chi connectivity index (χ1v) is 5.60. The lowest BCUT2D eigenvalue weighted by Crippen LogP contribution is -2.28.